The molecular weight excluding hydrogens is 157 g/mol. The summed E-state index contributed by atoms with van der Waals surface area (Å²) in [6.45, 7) is 0. The standard InChI is InChI=1S/C5H9F2N2P/c1-9-4(2-3-8)5(6,7)10/h2-3H,8,10H2,1H3/b3-2-,9-4?. The lowest BCUT2D eigenvalue weighted by Gasteiger charge is -2.08. The largest absolute Gasteiger partial charge is 0.405 e. The van der Waals surface area contributed by atoms with Crippen molar-refractivity contribution in [2.24, 2.45) is 10.7 Å². The van der Waals surface area contributed by atoms with Gasteiger partial charge < -0.3 is 5.73 Å². The van der Waals surface area contributed by atoms with Crippen LogP contribution in [0.15, 0.2) is 17.3 Å². The third-order valence-corrected chi connectivity index (χ3v) is 1.13. The second kappa shape index (κ2) is 3.62. The van der Waals surface area contributed by atoms with Crippen molar-refractivity contribution in [3.05, 3.63) is 12.3 Å². The molecule has 10 heavy (non-hydrogen) atoms. The van der Waals surface area contributed by atoms with E-state index in [1.165, 1.54) is 16.3 Å². The van der Waals surface area contributed by atoms with Gasteiger partial charge in [-0.1, -0.05) is 9.24 Å². The van der Waals surface area contributed by atoms with Gasteiger partial charge in [-0.25, -0.2) is 0 Å². The highest BCUT2D eigenvalue weighted by molar-refractivity contribution is 7.20. The van der Waals surface area contributed by atoms with Crippen molar-refractivity contribution in [2.75, 3.05) is 7.05 Å². The van der Waals surface area contributed by atoms with Crippen LogP contribution in [0.4, 0.5) is 8.78 Å². The van der Waals surface area contributed by atoms with E-state index in [-0.39, 0.29) is 5.71 Å². The Morgan fingerprint density at radius 1 is 1.70 bits per heavy atom. The molecule has 2 N–H and O–H groups in total. The summed E-state index contributed by atoms with van der Waals surface area (Å²) in [6, 6.07) is 0. The van der Waals surface area contributed by atoms with Gasteiger partial charge in [0.2, 0.25) is 0 Å². The zero-order valence-corrected chi connectivity index (χ0v) is 6.67. The van der Waals surface area contributed by atoms with Crippen LogP contribution >= 0.6 is 9.24 Å². The van der Waals surface area contributed by atoms with E-state index < -0.39 is 5.66 Å². The van der Waals surface area contributed by atoms with Crippen LogP contribution in [0.1, 0.15) is 0 Å². The second-order valence-electron chi connectivity index (χ2n) is 1.59. The maximum atomic E-state index is 12.3. The lowest BCUT2D eigenvalue weighted by molar-refractivity contribution is 0.185. The lowest BCUT2D eigenvalue weighted by Crippen LogP contribution is -2.18. The first-order chi connectivity index (χ1) is 4.52. The molecule has 0 saturated heterocycles. The molecule has 0 aliphatic carbocycles. The summed E-state index contributed by atoms with van der Waals surface area (Å²) in [7, 11) is 2.66. The van der Waals surface area contributed by atoms with Crippen molar-refractivity contribution < 1.29 is 8.78 Å². The zero-order chi connectivity index (χ0) is 8.20. The maximum absolute atomic E-state index is 12.3. The van der Waals surface area contributed by atoms with Gasteiger partial charge in [0.15, 0.2) is 0 Å². The molecule has 0 aliphatic heterocycles. The van der Waals surface area contributed by atoms with E-state index in [1.807, 2.05) is 0 Å². The van der Waals surface area contributed by atoms with E-state index in [4.69, 9.17) is 5.73 Å². The average Bonchev–Trinajstić information content (AvgIpc) is 1.80. The molecule has 0 fully saturated rings. The summed E-state index contributed by atoms with van der Waals surface area (Å²) >= 11 is 0. The molecule has 0 heterocycles. The molecule has 1 atom stereocenters. The first-order valence-electron chi connectivity index (χ1n) is 2.54. The summed E-state index contributed by atoms with van der Waals surface area (Å²) < 4.78 is 24.6. The molecule has 0 aliphatic rings. The van der Waals surface area contributed by atoms with E-state index in [1.54, 1.807) is 0 Å². The third-order valence-electron chi connectivity index (χ3n) is 0.837. The minimum Gasteiger partial charge on any atom is -0.405 e. The quantitative estimate of drug-likeness (QED) is 0.482. The first kappa shape index (κ1) is 9.50. The maximum Gasteiger partial charge on any atom is 0.299 e. The minimum absolute atomic E-state index is 0.347. The van der Waals surface area contributed by atoms with Gasteiger partial charge >= 0.3 is 0 Å². The Bertz CT molecular complexity index is 160. The fourth-order valence-corrected chi connectivity index (χ4v) is 0.651. The summed E-state index contributed by atoms with van der Waals surface area (Å²) in [5, 5.41) is 0. The van der Waals surface area contributed by atoms with Crippen LogP contribution in [0.2, 0.25) is 0 Å². The number of alkyl halides is 2. The summed E-state index contributed by atoms with van der Waals surface area (Å²) in [5.41, 5.74) is 1.57. The average molecular weight is 166 g/mol. The van der Waals surface area contributed by atoms with Crippen molar-refractivity contribution in [3.63, 3.8) is 0 Å². The van der Waals surface area contributed by atoms with E-state index in [9.17, 15) is 8.78 Å². The van der Waals surface area contributed by atoms with Crippen LogP contribution < -0.4 is 5.73 Å². The van der Waals surface area contributed by atoms with E-state index >= 15 is 0 Å². The number of aliphatic imine (C=N–C) groups is 1. The van der Waals surface area contributed by atoms with Crippen LogP contribution in [0.5, 0.6) is 0 Å². The lowest BCUT2D eigenvalue weighted by atomic mass is 10.4. The molecule has 0 aromatic rings. The number of allylic oxidation sites excluding steroid dienone is 1. The molecule has 0 amide bonds. The van der Waals surface area contributed by atoms with Crippen LogP contribution in [0.25, 0.3) is 0 Å². The fraction of sp³-hybridized carbons (Fsp3) is 0.400. The second-order valence-corrected chi connectivity index (χ2v) is 2.32. The molecule has 0 spiro atoms. The Morgan fingerprint density at radius 3 is 2.30 bits per heavy atom. The third kappa shape index (κ3) is 2.87. The smallest absolute Gasteiger partial charge is 0.299 e. The van der Waals surface area contributed by atoms with Gasteiger partial charge in [0.1, 0.15) is 5.71 Å². The number of nitrogens with two attached hydrogens (primary N) is 1. The Hall–Kier alpha value is -0.500. The van der Waals surface area contributed by atoms with Crippen LogP contribution in [-0.4, -0.2) is 18.4 Å². The van der Waals surface area contributed by atoms with E-state index in [0.717, 1.165) is 12.3 Å². The minimum atomic E-state index is -2.98. The van der Waals surface area contributed by atoms with Gasteiger partial charge in [0.25, 0.3) is 5.66 Å². The molecule has 0 aromatic carbocycles. The van der Waals surface area contributed by atoms with Crippen LogP contribution in [0.3, 0.4) is 0 Å². The molecule has 0 saturated carbocycles. The summed E-state index contributed by atoms with van der Waals surface area (Å²) in [6.07, 6.45) is 2.09. The number of rotatable bonds is 2. The van der Waals surface area contributed by atoms with Gasteiger partial charge in [-0.2, -0.15) is 8.78 Å². The Labute approximate surface area is 60.4 Å². The first-order valence-corrected chi connectivity index (χ1v) is 3.12. The number of hydrogen-bond acceptors (Lipinski definition) is 2. The van der Waals surface area contributed by atoms with Crippen molar-refractivity contribution in [2.45, 2.75) is 5.66 Å². The molecule has 0 radical (unpaired) electrons. The molecule has 58 valence electrons. The van der Waals surface area contributed by atoms with Gasteiger partial charge in [-0.05, 0) is 12.3 Å². The highest BCUT2D eigenvalue weighted by Crippen LogP contribution is 2.24. The zero-order valence-electron chi connectivity index (χ0n) is 5.51. The highest BCUT2D eigenvalue weighted by atomic mass is 31.0. The SMILES string of the molecule is CN=C(/C=C\N)C(F)(F)P. The van der Waals surface area contributed by atoms with E-state index in [2.05, 4.69) is 4.99 Å². The van der Waals surface area contributed by atoms with Crippen molar-refractivity contribution in [1.29, 1.82) is 0 Å². The molecular formula is C5H9F2N2P. The Balaban J connectivity index is 4.39. The Kier molecular flexibility index (Phi) is 3.43. The van der Waals surface area contributed by atoms with Gasteiger partial charge in [-0.15, -0.1) is 0 Å². The normalized spacial score (nSPS) is 14.6. The molecule has 0 aromatic heterocycles. The van der Waals surface area contributed by atoms with Gasteiger partial charge in [0.05, 0.1) is 0 Å². The fourth-order valence-electron chi connectivity index (χ4n) is 0.426. The Morgan fingerprint density at radius 2 is 2.20 bits per heavy atom. The molecule has 1 unspecified atom stereocenters. The van der Waals surface area contributed by atoms with Crippen molar-refractivity contribution in [3.8, 4) is 0 Å². The molecule has 2 nitrogen and oxygen atoms in total. The van der Waals surface area contributed by atoms with Gasteiger partial charge in [0, 0.05) is 7.05 Å². The predicted octanol–water partition coefficient (Wildman–Crippen LogP) is 0.997. The number of hydrogen-bond donors (Lipinski definition) is 1. The monoisotopic (exact) mass is 166 g/mol. The van der Waals surface area contributed by atoms with Crippen LogP contribution in [0, 0.1) is 0 Å². The highest BCUT2D eigenvalue weighted by Gasteiger charge is 2.26. The summed E-state index contributed by atoms with van der Waals surface area (Å²) in [4.78, 5) is 3.33. The number of halogens is 2. The van der Waals surface area contributed by atoms with E-state index in [0.29, 0.717) is 0 Å². The number of nitrogens with zero attached hydrogens (tertiary/aromatic N) is 1. The molecule has 5 heteroatoms. The predicted molar refractivity (Wildman–Crippen MR) is 41.3 cm³/mol. The molecule has 0 bridgehead atoms. The summed E-state index contributed by atoms with van der Waals surface area (Å²) in [5.74, 6) is 0. The van der Waals surface area contributed by atoms with Gasteiger partial charge in [-0.3, -0.25) is 4.99 Å². The van der Waals surface area contributed by atoms with Crippen molar-refractivity contribution >= 4 is 15.0 Å². The molecule has 0 rings (SSSR count). The topological polar surface area (TPSA) is 38.4 Å². The van der Waals surface area contributed by atoms with Crippen LogP contribution in [-0.2, 0) is 0 Å². The van der Waals surface area contributed by atoms with Crippen molar-refractivity contribution in [1.82, 2.24) is 0 Å².